The van der Waals surface area contributed by atoms with Gasteiger partial charge < -0.3 is 33.7 Å². The van der Waals surface area contributed by atoms with E-state index in [4.69, 9.17) is 28.4 Å². The van der Waals surface area contributed by atoms with Gasteiger partial charge in [0.25, 0.3) is 0 Å². The summed E-state index contributed by atoms with van der Waals surface area (Å²) in [6.45, 7) is 15.6. The number of sulfonamides is 1. The van der Waals surface area contributed by atoms with Gasteiger partial charge in [-0.1, -0.05) is 13.8 Å². The van der Waals surface area contributed by atoms with E-state index in [2.05, 4.69) is 5.32 Å². The molecule has 352 valence electrons. The number of nitrogens with one attached hydrogen (secondary N) is 2. The number of rotatable bonds is 20. The third-order valence-corrected chi connectivity index (χ3v) is 12.7. The van der Waals surface area contributed by atoms with Crippen LogP contribution in [-0.4, -0.2) is 88.9 Å². The Labute approximate surface area is 379 Å². The van der Waals surface area contributed by atoms with Gasteiger partial charge in [0, 0.05) is 58.1 Å². The van der Waals surface area contributed by atoms with Gasteiger partial charge in [0.05, 0.1) is 53.8 Å². The van der Waals surface area contributed by atoms with E-state index in [1.807, 2.05) is 4.72 Å². The van der Waals surface area contributed by atoms with Crippen molar-refractivity contribution in [2.24, 2.45) is 10.8 Å². The molecule has 2 N–H and O–H groups in total. The average molecular weight is 955 g/mol. The highest BCUT2D eigenvalue weighted by atomic mass is 32.2. The Morgan fingerprint density at radius 3 is 1.52 bits per heavy atom. The number of ketones is 2. The number of benzene rings is 2. The van der Waals surface area contributed by atoms with Gasteiger partial charge in [-0.2, -0.15) is 0 Å². The van der Waals surface area contributed by atoms with Gasteiger partial charge in [-0.3, -0.25) is 23.9 Å². The monoisotopic (exact) mass is 954 g/mol. The third kappa shape index (κ3) is 13.5. The van der Waals surface area contributed by atoms with Crippen molar-refractivity contribution in [2.45, 2.75) is 99.7 Å². The van der Waals surface area contributed by atoms with Crippen molar-refractivity contribution in [3.05, 3.63) is 45.7 Å². The number of methoxy groups -OCH3 is 2. The van der Waals surface area contributed by atoms with Crippen LogP contribution in [-0.2, 0) is 29.1 Å². The van der Waals surface area contributed by atoms with Crippen LogP contribution in [0.15, 0.2) is 24.3 Å². The van der Waals surface area contributed by atoms with Crippen LogP contribution in [0, 0.1) is 22.5 Å². The SMILES string of the molecule is COc1cc2sc(C(=O)CC(C)(C)C(=O)NS(=O)(=O)CCNC(=O)OC(C)(C)C)cc2c(F)c1OCCCOc1c(OC)cc2sc(C(=O)CC(C)(C)C(=O)OC(C)(C)C)cc2c1F. The van der Waals surface area contributed by atoms with Crippen LogP contribution in [0.1, 0.15) is 108 Å². The van der Waals surface area contributed by atoms with Crippen molar-refractivity contribution in [2.75, 3.05) is 39.7 Å². The molecule has 4 rings (SSSR count). The maximum absolute atomic E-state index is 16.0. The minimum atomic E-state index is -4.20. The van der Waals surface area contributed by atoms with E-state index in [1.54, 1.807) is 61.5 Å². The summed E-state index contributed by atoms with van der Waals surface area (Å²) in [5.41, 5.74) is -4.15. The number of ether oxygens (including phenoxy) is 6. The van der Waals surface area contributed by atoms with E-state index < -0.39 is 79.6 Å². The van der Waals surface area contributed by atoms with Gasteiger partial charge in [0.15, 0.2) is 46.2 Å². The minimum absolute atomic E-state index is 0.0355. The second-order valence-corrected chi connectivity index (χ2v) is 22.2. The molecule has 0 saturated carbocycles. The highest BCUT2D eigenvalue weighted by Gasteiger charge is 2.37. The fourth-order valence-electron chi connectivity index (χ4n) is 5.93. The molecule has 0 spiro atoms. The van der Waals surface area contributed by atoms with Crippen LogP contribution < -0.4 is 29.0 Å². The van der Waals surface area contributed by atoms with Crippen molar-refractivity contribution in [1.29, 1.82) is 0 Å². The summed E-state index contributed by atoms with van der Waals surface area (Å²) in [6, 6.07) is 5.78. The van der Waals surface area contributed by atoms with Gasteiger partial charge in [0.1, 0.15) is 11.2 Å². The molecule has 0 unspecified atom stereocenters. The van der Waals surface area contributed by atoms with Crippen LogP contribution in [0.25, 0.3) is 20.2 Å². The molecule has 2 aromatic heterocycles. The number of Topliss-reactive ketones (excluding diaryl/α,β-unsaturated/α-hetero) is 2. The molecule has 2 aromatic carbocycles. The smallest absolute Gasteiger partial charge is 0.407 e. The number of esters is 1. The van der Waals surface area contributed by atoms with Crippen molar-refractivity contribution in [3.63, 3.8) is 0 Å². The molecular weight excluding hydrogens is 899 g/mol. The van der Waals surface area contributed by atoms with E-state index >= 15 is 8.78 Å². The zero-order valence-electron chi connectivity index (χ0n) is 38.0. The molecule has 15 nitrogen and oxygen atoms in total. The number of alkyl carbamates (subject to hydrolysis) is 1. The van der Waals surface area contributed by atoms with Crippen molar-refractivity contribution in [1.82, 2.24) is 10.0 Å². The fraction of sp³-hybridized carbons (Fsp3) is 0.523. The zero-order chi connectivity index (χ0) is 48.2. The number of carbonyl (C=O) groups is 5. The summed E-state index contributed by atoms with van der Waals surface area (Å²) < 4.78 is 92.7. The Hall–Kier alpha value is -5.08. The molecule has 2 amide bonds. The highest BCUT2D eigenvalue weighted by Crippen LogP contribution is 2.43. The van der Waals surface area contributed by atoms with Crippen LogP contribution in [0.2, 0.25) is 0 Å². The summed E-state index contributed by atoms with van der Waals surface area (Å²) in [6.07, 6.45) is -1.25. The first-order chi connectivity index (χ1) is 29.5. The lowest BCUT2D eigenvalue weighted by atomic mass is 9.86. The second kappa shape index (κ2) is 20.0. The van der Waals surface area contributed by atoms with E-state index in [0.717, 1.165) is 22.7 Å². The number of hydrogen-bond donors (Lipinski definition) is 2. The molecule has 2 heterocycles. The maximum atomic E-state index is 16.0. The first kappa shape index (κ1) is 51.6. The zero-order valence-corrected chi connectivity index (χ0v) is 40.5. The lowest BCUT2D eigenvalue weighted by Gasteiger charge is -2.27. The largest absolute Gasteiger partial charge is 0.493 e. The minimum Gasteiger partial charge on any atom is -0.493 e. The molecule has 0 fully saturated rings. The molecule has 0 radical (unpaired) electrons. The van der Waals surface area contributed by atoms with Crippen LogP contribution in [0.4, 0.5) is 13.6 Å². The Morgan fingerprint density at radius 1 is 0.656 bits per heavy atom. The van der Waals surface area contributed by atoms with Crippen LogP contribution in [0.5, 0.6) is 23.0 Å². The van der Waals surface area contributed by atoms with Crippen molar-refractivity contribution < 1.29 is 69.6 Å². The number of amides is 2. The van der Waals surface area contributed by atoms with Gasteiger partial charge in [-0.05, 0) is 67.5 Å². The molecule has 0 aliphatic rings. The Morgan fingerprint density at radius 2 is 1.09 bits per heavy atom. The standard InChI is InChI=1S/C44H56F2N2O13S3/c1-41(2,3)60-39(52)44(9,10)23-27(50)33-19-25-31(63-33)21-29(57-12)37(35(25)46)59-16-13-15-58-36-28(56-11)20-30-24(34(36)45)18-32(62-30)26(49)22-43(7,8)38(51)48-64(54,55)17-14-47-40(53)61-42(4,5)6/h18-21H,13-17,22-23H2,1-12H3,(H,47,53)(H,48,51). The summed E-state index contributed by atoms with van der Waals surface area (Å²) in [5.74, 6) is -4.89. The van der Waals surface area contributed by atoms with Gasteiger partial charge >= 0.3 is 12.1 Å². The van der Waals surface area contributed by atoms with E-state index in [-0.39, 0.29) is 81.9 Å². The predicted octanol–water partition coefficient (Wildman–Crippen LogP) is 8.77. The Kier molecular flexibility index (Phi) is 16.1. The van der Waals surface area contributed by atoms with Gasteiger partial charge in [-0.25, -0.2) is 22.0 Å². The number of fused-ring (bicyclic) bond motifs is 2. The molecule has 20 heteroatoms. The molecular formula is C44H56F2N2O13S3. The normalized spacial score (nSPS) is 12.5. The van der Waals surface area contributed by atoms with Crippen molar-refractivity contribution >= 4 is 82.4 Å². The number of halogens is 2. The molecule has 0 aliphatic heterocycles. The predicted molar refractivity (Wildman–Crippen MR) is 240 cm³/mol. The van der Waals surface area contributed by atoms with E-state index in [9.17, 15) is 32.4 Å². The highest BCUT2D eigenvalue weighted by molar-refractivity contribution is 7.90. The first-order valence-corrected chi connectivity index (χ1v) is 23.4. The molecule has 0 bridgehead atoms. The van der Waals surface area contributed by atoms with E-state index in [1.165, 1.54) is 46.3 Å². The fourth-order valence-corrected chi connectivity index (χ4v) is 9.01. The van der Waals surface area contributed by atoms with E-state index in [0.29, 0.717) is 9.40 Å². The molecule has 0 aliphatic carbocycles. The summed E-state index contributed by atoms with van der Waals surface area (Å²) in [4.78, 5) is 64.6. The maximum Gasteiger partial charge on any atom is 0.407 e. The van der Waals surface area contributed by atoms with Crippen LogP contribution in [0.3, 0.4) is 0 Å². The lowest BCUT2D eigenvalue weighted by molar-refractivity contribution is -0.165. The topological polar surface area (TPSA) is 199 Å². The Bertz CT molecular complexity index is 2530. The third-order valence-electron chi connectivity index (χ3n) is 9.19. The molecule has 0 atom stereocenters. The van der Waals surface area contributed by atoms with Gasteiger partial charge in [-0.15, -0.1) is 22.7 Å². The van der Waals surface area contributed by atoms with Gasteiger partial charge in [0.2, 0.25) is 15.9 Å². The molecule has 0 saturated heterocycles. The van der Waals surface area contributed by atoms with Crippen LogP contribution >= 0.6 is 22.7 Å². The number of hydrogen-bond acceptors (Lipinski definition) is 15. The average Bonchev–Trinajstić information content (AvgIpc) is 3.79. The summed E-state index contributed by atoms with van der Waals surface area (Å²) in [5, 5.41) is 2.48. The van der Waals surface area contributed by atoms with Crippen molar-refractivity contribution in [3.8, 4) is 23.0 Å². The quantitative estimate of drug-likeness (QED) is 0.0485. The Balaban J connectivity index is 1.39. The number of carbonyl (C=O) groups excluding carboxylic acids is 5. The summed E-state index contributed by atoms with van der Waals surface area (Å²) in [7, 11) is -1.54. The lowest BCUT2D eigenvalue weighted by Crippen LogP contribution is -2.44. The molecule has 4 aromatic rings. The number of thiophene rings is 2. The summed E-state index contributed by atoms with van der Waals surface area (Å²) >= 11 is 2.01. The first-order valence-electron chi connectivity index (χ1n) is 20.1. The second-order valence-electron chi connectivity index (χ2n) is 18.2. The molecule has 64 heavy (non-hydrogen) atoms.